The summed E-state index contributed by atoms with van der Waals surface area (Å²) < 4.78 is 34.5. The first-order valence-electron chi connectivity index (χ1n) is 10.7. The number of esters is 1. The van der Waals surface area contributed by atoms with Crippen LogP contribution in [0.15, 0.2) is 65.8 Å². The van der Waals surface area contributed by atoms with Crippen LogP contribution < -0.4 is 24.4 Å². The van der Waals surface area contributed by atoms with E-state index in [0.29, 0.717) is 29.4 Å². The van der Waals surface area contributed by atoms with Gasteiger partial charge < -0.3 is 18.9 Å². The van der Waals surface area contributed by atoms with Crippen molar-refractivity contribution in [3.63, 3.8) is 0 Å². The molecule has 0 aliphatic carbocycles. The van der Waals surface area contributed by atoms with Gasteiger partial charge in [0.15, 0.2) is 23.0 Å². The summed E-state index contributed by atoms with van der Waals surface area (Å²) in [7, 11) is 3.06. The standard InChI is InChI=1S/C26H25FN2O6/c1-4-34-24-14-18(6-12-22(24)35-26(31)19-7-9-20(27)10-8-19)16-28-29-25(30)15-17-5-11-21(32-2)23(13-17)33-3/h5-14,16H,4,15H2,1-3H3,(H,29,30)/b28-16-. The van der Waals surface area contributed by atoms with E-state index in [1.807, 2.05) is 0 Å². The number of hydrogen-bond acceptors (Lipinski definition) is 7. The van der Waals surface area contributed by atoms with Crippen molar-refractivity contribution in [2.24, 2.45) is 5.10 Å². The second-order valence-electron chi connectivity index (χ2n) is 7.19. The third kappa shape index (κ3) is 7.04. The summed E-state index contributed by atoms with van der Waals surface area (Å²) in [6, 6.07) is 15.1. The first-order valence-corrected chi connectivity index (χ1v) is 10.7. The average molecular weight is 480 g/mol. The second kappa shape index (κ2) is 12.2. The van der Waals surface area contributed by atoms with Crippen LogP contribution in [0.1, 0.15) is 28.4 Å². The number of hydrazone groups is 1. The van der Waals surface area contributed by atoms with E-state index >= 15 is 0 Å². The minimum Gasteiger partial charge on any atom is -0.493 e. The fraction of sp³-hybridized carbons (Fsp3) is 0.192. The number of carbonyl (C=O) groups is 2. The molecule has 1 amide bonds. The number of nitrogens with zero attached hydrogens (tertiary/aromatic N) is 1. The Labute approximate surface area is 202 Å². The second-order valence-corrected chi connectivity index (χ2v) is 7.19. The van der Waals surface area contributed by atoms with Crippen LogP contribution in [-0.4, -0.2) is 38.9 Å². The van der Waals surface area contributed by atoms with Crippen molar-refractivity contribution < 1.29 is 32.9 Å². The Bertz CT molecular complexity index is 1210. The number of carbonyl (C=O) groups excluding carboxylic acids is 2. The Morgan fingerprint density at radius 1 is 0.914 bits per heavy atom. The Hall–Kier alpha value is -4.40. The van der Waals surface area contributed by atoms with E-state index < -0.39 is 11.8 Å². The highest BCUT2D eigenvalue weighted by Gasteiger charge is 2.13. The Morgan fingerprint density at radius 2 is 1.63 bits per heavy atom. The lowest BCUT2D eigenvalue weighted by Gasteiger charge is -2.11. The summed E-state index contributed by atoms with van der Waals surface area (Å²) in [5, 5.41) is 3.98. The minimum atomic E-state index is -0.644. The van der Waals surface area contributed by atoms with Crippen molar-refractivity contribution in [3.05, 3.63) is 83.2 Å². The molecular weight excluding hydrogens is 455 g/mol. The first kappa shape index (κ1) is 25.2. The summed E-state index contributed by atoms with van der Waals surface area (Å²) in [6.07, 6.45) is 1.54. The first-order chi connectivity index (χ1) is 16.9. The van der Waals surface area contributed by atoms with E-state index in [4.69, 9.17) is 18.9 Å². The van der Waals surface area contributed by atoms with E-state index in [1.165, 1.54) is 44.7 Å². The summed E-state index contributed by atoms with van der Waals surface area (Å²) in [6.45, 7) is 2.13. The molecule has 3 aromatic rings. The van der Waals surface area contributed by atoms with Gasteiger partial charge in [0.1, 0.15) is 5.82 Å². The van der Waals surface area contributed by atoms with Gasteiger partial charge in [-0.15, -0.1) is 0 Å². The molecule has 9 heteroatoms. The molecule has 1 N–H and O–H groups in total. The van der Waals surface area contributed by atoms with Gasteiger partial charge >= 0.3 is 5.97 Å². The fourth-order valence-electron chi connectivity index (χ4n) is 3.10. The molecule has 0 spiro atoms. The van der Waals surface area contributed by atoms with Crippen molar-refractivity contribution >= 4 is 18.1 Å². The number of nitrogens with one attached hydrogen (secondary N) is 1. The van der Waals surface area contributed by atoms with Gasteiger partial charge in [-0.05, 0) is 72.6 Å². The quantitative estimate of drug-likeness (QED) is 0.203. The molecule has 8 nitrogen and oxygen atoms in total. The lowest BCUT2D eigenvalue weighted by atomic mass is 10.1. The van der Waals surface area contributed by atoms with Crippen LogP contribution in [0.4, 0.5) is 4.39 Å². The maximum atomic E-state index is 13.1. The number of benzene rings is 3. The SMILES string of the molecule is CCOc1cc(/C=N\NC(=O)Cc2ccc(OC)c(OC)c2)ccc1OC(=O)c1ccc(F)cc1. The van der Waals surface area contributed by atoms with Crippen molar-refractivity contribution in [3.8, 4) is 23.0 Å². The molecule has 3 aromatic carbocycles. The number of halogens is 1. The largest absolute Gasteiger partial charge is 0.493 e. The third-order valence-electron chi connectivity index (χ3n) is 4.77. The number of amides is 1. The number of methoxy groups -OCH3 is 2. The minimum absolute atomic E-state index is 0.0974. The molecular formula is C26H25FN2O6. The van der Waals surface area contributed by atoms with Crippen LogP contribution in [0.25, 0.3) is 0 Å². The number of hydrogen-bond donors (Lipinski definition) is 1. The Kier molecular flexibility index (Phi) is 8.77. The van der Waals surface area contributed by atoms with Crippen LogP contribution in [0, 0.1) is 5.82 Å². The van der Waals surface area contributed by atoms with Gasteiger partial charge in [0.05, 0.1) is 39.0 Å². The molecule has 0 aromatic heterocycles. The average Bonchev–Trinajstić information content (AvgIpc) is 2.86. The Morgan fingerprint density at radius 3 is 2.31 bits per heavy atom. The highest BCUT2D eigenvalue weighted by molar-refractivity contribution is 5.91. The van der Waals surface area contributed by atoms with Gasteiger partial charge in [-0.1, -0.05) is 6.07 Å². The molecule has 3 rings (SSSR count). The van der Waals surface area contributed by atoms with Crippen LogP contribution in [-0.2, 0) is 11.2 Å². The molecule has 35 heavy (non-hydrogen) atoms. The molecule has 0 saturated carbocycles. The topological polar surface area (TPSA) is 95.5 Å². The Balaban J connectivity index is 1.63. The van der Waals surface area contributed by atoms with Gasteiger partial charge in [-0.3, -0.25) is 4.79 Å². The van der Waals surface area contributed by atoms with Crippen LogP contribution in [0.3, 0.4) is 0 Å². The zero-order chi connectivity index (χ0) is 25.2. The fourth-order valence-corrected chi connectivity index (χ4v) is 3.10. The summed E-state index contributed by atoms with van der Waals surface area (Å²) in [5.74, 6) is 0.227. The van der Waals surface area contributed by atoms with Crippen LogP contribution >= 0.6 is 0 Å². The van der Waals surface area contributed by atoms with E-state index in [-0.39, 0.29) is 23.6 Å². The normalized spacial score (nSPS) is 10.6. The lowest BCUT2D eigenvalue weighted by molar-refractivity contribution is -0.120. The van der Waals surface area contributed by atoms with Crippen LogP contribution in [0.5, 0.6) is 23.0 Å². The zero-order valence-electron chi connectivity index (χ0n) is 19.5. The predicted octanol–water partition coefficient (Wildman–Crippen LogP) is 4.15. The lowest BCUT2D eigenvalue weighted by Crippen LogP contribution is -2.19. The summed E-state index contributed by atoms with van der Waals surface area (Å²) in [5.41, 5.74) is 4.03. The molecule has 182 valence electrons. The smallest absolute Gasteiger partial charge is 0.343 e. The molecule has 0 aliphatic heterocycles. The van der Waals surface area contributed by atoms with E-state index in [1.54, 1.807) is 43.3 Å². The van der Waals surface area contributed by atoms with Gasteiger partial charge in [0.25, 0.3) is 0 Å². The van der Waals surface area contributed by atoms with Crippen LogP contribution in [0.2, 0.25) is 0 Å². The van der Waals surface area contributed by atoms with E-state index in [2.05, 4.69) is 10.5 Å². The zero-order valence-corrected chi connectivity index (χ0v) is 19.5. The predicted molar refractivity (Wildman–Crippen MR) is 128 cm³/mol. The highest BCUT2D eigenvalue weighted by atomic mass is 19.1. The maximum Gasteiger partial charge on any atom is 0.343 e. The maximum absolute atomic E-state index is 13.1. The third-order valence-corrected chi connectivity index (χ3v) is 4.77. The molecule has 0 saturated heterocycles. The molecule has 0 bridgehead atoms. The summed E-state index contributed by atoms with van der Waals surface area (Å²) in [4.78, 5) is 24.6. The molecule has 0 atom stereocenters. The van der Waals surface area contributed by atoms with E-state index in [0.717, 1.165) is 5.56 Å². The van der Waals surface area contributed by atoms with Gasteiger partial charge in [0.2, 0.25) is 5.91 Å². The molecule has 0 fully saturated rings. The van der Waals surface area contributed by atoms with Crippen molar-refractivity contribution in [1.29, 1.82) is 0 Å². The highest BCUT2D eigenvalue weighted by Crippen LogP contribution is 2.29. The molecule has 0 unspecified atom stereocenters. The molecule has 0 heterocycles. The molecule has 0 radical (unpaired) electrons. The van der Waals surface area contributed by atoms with E-state index in [9.17, 15) is 14.0 Å². The van der Waals surface area contributed by atoms with Gasteiger partial charge in [-0.25, -0.2) is 14.6 Å². The summed E-state index contributed by atoms with van der Waals surface area (Å²) >= 11 is 0. The van der Waals surface area contributed by atoms with Crippen molar-refractivity contribution in [2.75, 3.05) is 20.8 Å². The number of rotatable bonds is 10. The van der Waals surface area contributed by atoms with Crippen molar-refractivity contribution in [2.45, 2.75) is 13.3 Å². The number of ether oxygens (including phenoxy) is 4. The monoisotopic (exact) mass is 480 g/mol. The molecule has 0 aliphatic rings. The van der Waals surface area contributed by atoms with Gasteiger partial charge in [-0.2, -0.15) is 5.10 Å². The van der Waals surface area contributed by atoms with Crippen molar-refractivity contribution in [1.82, 2.24) is 5.43 Å². The van der Waals surface area contributed by atoms with Gasteiger partial charge in [0, 0.05) is 0 Å².